The van der Waals surface area contributed by atoms with Crippen molar-refractivity contribution in [2.24, 2.45) is 0 Å². The summed E-state index contributed by atoms with van der Waals surface area (Å²) in [4.78, 5) is 13.9. The molecule has 1 heterocycles. The molecule has 90 valence electrons. The van der Waals surface area contributed by atoms with Crippen LogP contribution in [0.15, 0.2) is 12.1 Å². The van der Waals surface area contributed by atoms with E-state index in [1.54, 1.807) is 11.3 Å². The van der Waals surface area contributed by atoms with Gasteiger partial charge >= 0.3 is 5.97 Å². The molecule has 0 saturated carbocycles. The number of nitrogens with one attached hydrogen (secondary N) is 1. The predicted molar refractivity (Wildman–Crippen MR) is 66.7 cm³/mol. The number of esters is 1. The molecule has 0 bridgehead atoms. The molecule has 0 aliphatic rings. The van der Waals surface area contributed by atoms with Crippen LogP contribution in [0.3, 0.4) is 0 Å². The summed E-state index contributed by atoms with van der Waals surface area (Å²) in [6.45, 7) is 6.02. The number of thiophene rings is 1. The van der Waals surface area contributed by atoms with Crippen molar-refractivity contribution in [2.45, 2.75) is 39.3 Å². The molecule has 1 N–H and O–H groups in total. The number of aryl methyl sites for hydroxylation is 1. The first-order chi connectivity index (χ1) is 7.58. The number of hydrogen-bond acceptors (Lipinski definition) is 4. The molecule has 4 heteroatoms. The SMILES string of the molecule is CCc1ccc(C(C)NC(C)C(=O)OC)s1. The van der Waals surface area contributed by atoms with Gasteiger partial charge in [0.2, 0.25) is 0 Å². The summed E-state index contributed by atoms with van der Waals surface area (Å²) < 4.78 is 4.68. The van der Waals surface area contributed by atoms with E-state index in [-0.39, 0.29) is 18.1 Å². The number of hydrogen-bond donors (Lipinski definition) is 1. The van der Waals surface area contributed by atoms with E-state index in [2.05, 4.69) is 36.0 Å². The van der Waals surface area contributed by atoms with Crippen LogP contribution in [-0.4, -0.2) is 19.1 Å². The molecule has 0 fully saturated rings. The molecular formula is C12H19NO2S. The molecule has 0 aliphatic carbocycles. The minimum atomic E-state index is -0.271. The molecule has 0 radical (unpaired) electrons. The topological polar surface area (TPSA) is 38.3 Å². The molecule has 0 spiro atoms. The summed E-state index contributed by atoms with van der Waals surface area (Å²) >= 11 is 1.79. The Morgan fingerprint density at radius 2 is 2.19 bits per heavy atom. The standard InChI is InChI=1S/C12H19NO2S/c1-5-10-6-7-11(16-10)8(2)13-9(3)12(14)15-4/h6-9,13H,5H2,1-4H3. The summed E-state index contributed by atoms with van der Waals surface area (Å²) in [5, 5.41) is 3.22. The van der Waals surface area contributed by atoms with E-state index in [0.29, 0.717) is 0 Å². The van der Waals surface area contributed by atoms with Gasteiger partial charge in [0.05, 0.1) is 7.11 Å². The Morgan fingerprint density at radius 1 is 1.50 bits per heavy atom. The number of ether oxygens (including phenoxy) is 1. The summed E-state index contributed by atoms with van der Waals surface area (Å²) in [6.07, 6.45) is 1.06. The monoisotopic (exact) mass is 241 g/mol. The Balaban J connectivity index is 2.57. The summed E-state index contributed by atoms with van der Waals surface area (Å²) in [7, 11) is 1.41. The first kappa shape index (κ1) is 13.2. The largest absolute Gasteiger partial charge is 0.468 e. The van der Waals surface area contributed by atoms with Gasteiger partial charge < -0.3 is 4.74 Å². The molecule has 1 aromatic rings. The van der Waals surface area contributed by atoms with E-state index >= 15 is 0 Å². The molecule has 16 heavy (non-hydrogen) atoms. The van der Waals surface area contributed by atoms with Crippen molar-refractivity contribution in [2.75, 3.05) is 7.11 Å². The van der Waals surface area contributed by atoms with Gasteiger partial charge in [-0.3, -0.25) is 10.1 Å². The minimum Gasteiger partial charge on any atom is -0.468 e. The fraction of sp³-hybridized carbons (Fsp3) is 0.583. The zero-order valence-electron chi connectivity index (χ0n) is 10.2. The third-order valence-corrected chi connectivity index (χ3v) is 3.92. The van der Waals surface area contributed by atoms with Crippen molar-refractivity contribution in [3.05, 3.63) is 21.9 Å². The Hall–Kier alpha value is -0.870. The van der Waals surface area contributed by atoms with E-state index in [4.69, 9.17) is 0 Å². The van der Waals surface area contributed by atoms with Crippen molar-refractivity contribution in [1.82, 2.24) is 5.32 Å². The highest BCUT2D eigenvalue weighted by Crippen LogP contribution is 2.23. The highest BCUT2D eigenvalue weighted by Gasteiger charge is 2.17. The highest BCUT2D eigenvalue weighted by atomic mass is 32.1. The molecule has 2 atom stereocenters. The number of carbonyl (C=O) groups excluding carboxylic acids is 1. The number of carbonyl (C=O) groups is 1. The molecule has 0 saturated heterocycles. The van der Waals surface area contributed by atoms with Crippen molar-refractivity contribution in [3.63, 3.8) is 0 Å². The van der Waals surface area contributed by atoms with Crippen LogP contribution in [0.1, 0.15) is 36.6 Å². The van der Waals surface area contributed by atoms with Gasteiger partial charge in [-0.1, -0.05) is 6.92 Å². The summed E-state index contributed by atoms with van der Waals surface area (Å²) in [6, 6.07) is 4.16. The van der Waals surface area contributed by atoms with Crippen molar-refractivity contribution < 1.29 is 9.53 Å². The highest BCUT2D eigenvalue weighted by molar-refractivity contribution is 7.12. The molecular weight excluding hydrogens is 222 g/mol. The van der Waals surface area contributed by atoms with Crippen LogP contribution in [0, 0.1) is 0 Å². The van der Waals surface area contributed by atoms with Crippen LogP contribution in [0.4, 0.5) is 0 Å². The smallest absolute Gasteiger partial charge is 0.322 e. The fourth-order valence-corrected chi connectivity index (χ4v) is 2.48. The molecule has 0 aliphatic heterocycles. The van der Waals surface area contributed by atoms with Gasteiger partial charge in [-0.25, -0.2) is 0 Å². The van der Waals surface area contributed by atoms with Crippen molar-refractivity contribution >= 4 is 17.3 Å². The second-order valence-electron chi connectivity index (χ2n) is 3.79. The molecule has 3 nitrogen and oxygen atoms in total. The second kappa shape index (κ2) is 6.01. The summed E-state index contributed by atoms with van der Waals surface area (Å²) in [5.41, 5.74) is 0. The Bertz CT molecular complexity index is 349. The Kier molecular flexibility index (Phi) is 4.96. The lowest BCUT2D eigenvalue weighted by Gasteiger charge is -2.16. The average Bonchev–Trinajstić information content (AvgIpc) is 2.76. The predicted octanol–water partition coefficient (Wildman–Crippen LogP) is 2.52. The Morgan fingerprint density at radius 3 is 2.69 bits per heavy atom. The van der Waals surface area contributed by atoms with Gasteiger partial charge in [-0.05, 0) is 32.4 Å². The lowest BCUT2D eigenvalue weighted by molar-refractivity contribution is -0.142. The zero-order valence-corrected chi connectivity index (χ0v) is 11.1. The van der Waals surface area contributed by atoms with Gasteiger partial charge in [-0.15, -0.1) is 11.3 Å². The number of rotatable bonds is 5. The van der Waals surface area contributed by atoms with Crippen LogP contribution < -0.4 is 5.32 Å². The van der Waals surface area contributed by atoms with Gasteiger partial charge in [-0.2, -0.15) is 0 Å². The molecule has 1 rings (SSSR count). The first-order valence-corrected chi connectivity index (χ1v) is 6.32. The lowest BCUT2D eigenvalue weighted by atomic mass is 10.2. The van der Waals surface area contributed by atoms with E-state index in [1.165, 1.54) is 16.9 Å². The quantitative estimate of drug-likeness (QED) is 0.805. The van der Waals surface area contributed by atoms with Crippen LogP contribution >= 0.6 is 11.3 Å². The van der Waals surface area contributed by atoms with Crippen LogP contribution in [0.25, 0.3) is 0 Å². The van der Waals surface area contributed by atoms with Gasteiger partial charge in [0.15, 0.2) is 0 Å². The molecule has 0 amide bonds. The maximum absolute atomic E-state index is 11.3. The van der Waals surface area contributed by atoms with Crippen molar-refractivity contribution in [1.29, 1.82) is 0 Å². The van der Waals surface area contributed by atoms with Gasteiger partial charge in [0.1, 0.15) is 6.04 Å². The maximum atomic E-state index is 11.3. The van der Waals surface area contributed by atoms with Gasteiger partial charge in [0, 0.05) is 15.8 Å². The van der Waals surface area contributed by atoms with Gasteiger partial charge in [0.25, 0.3) is 0 Å². The Labute approximate surface area is 101 Å². The summed E-state index contributed by atoms with van der Waals surface area (Å²) in [5.74, 6) is -0.223. The van der Waals surface area contributed by atoms with E-state index in [0.717, 1.165) is 6.42 Å². The van der Waals surface area contributed by atoms with E-state index < -0.39 is 0 Å². The second-order valence-corrected chi connectivity index (χ2v) is 4.99. The number of methoxy groups -OCH3 is 1. The molecule has 1 aromatic heterocycles. The molecule has 0 aromatic carbocycles. The first-order valence-electron chi connectivity index (χ1n) is 5.51. The lowest BCUT2D eigenvalue weighted by Crippen LogP contribution is -2.36. The third-order valence-electron chi connectivity index (χ3n) is 2.51. The van der Waals surface area contributed by atoms with Crippen molar-refractivity contribution in [3.8, 4) is 0 Å². The van der Waals surface area contributed by atoms with E-state index in [1.807, 2.05) is 6.92 Å². The van der Waals surface area contributed by atoms with Crippen LogP contribution in [0.5, 0.6) is 0 Å². The zero-order chi connectivity index (χ0) is 12.1. The minimum absolute atomic E-state index is 0.180. The average molecular weight is 241 g/mol. The van der Waals surface area contributed by atoms with Crippen LogP contribution in [0.2, 0.25) is 0 Å². The fourth-order valence-electron chi connectivity index (χ4n) is 1.52. The normalized spacial score (nSPS) is 14.5. The maximum Gasteiger partial charge on any atom is 0.322 e. The van der Waals surface area contributed by atoms with E-state index in [9.17, 15) is 4.79 Å². The van der Waals surface area contributed by atoms with Crippen LogP contribution in [-0.2, 0) is 16.0 Å². The third kappa shape index (κ3) is 3.32. The molecule has 2 unspecified atom stereocenters.